The third-order valence-electron chi connectivity index (χ3n) is 2.84. The topological polar surface area (TPSA) is 48.0 Å². The highest BCUT2D eigenvalue weighted by atomic mass is 16.5. The number of ether oxygens (including phenoxy) is 3. The Morgan fingerprint density at radius 3 is 3.00 bits per heavy atom. The van der Waals surface area contributed by atoms with Gasteiger partial charge in [0, 0.05) is 20.1 Å². The number of morpholine rings is 1. The van der Waals surface area contributed by atoms with Gasteiger partial charge in [0.2, 0.25) is 0 Å². The summed E-state index contributed by atoms with van der Waals surface area (Å²) in [6, 6.07) is -0.258. The molecule has 5 nitrogen and oxygen atoms in total. The summed E-state index contributed by atoms with van der Waals surface area (Å²) in [4.78, 5) is 13.7. The first-order valence-corrected chi connectivity index (χ1v) is 5.62. The van der Waals surface area contributed by atoms with Gasteiger partial charge in [-0.15, -0.1) is 0 Å². The number of nitrogens with zero attached hydrogens (tertiary/aromatic N) is 1. The number of rotatable bonds is 5. The number of carbonyl (C=O) groups excluding carboxylic acids is 1. The number of likely N-dealkylation sites (N-methyl/N-ethyl adjacent to an activating group) is 1. The molecule has 5 heteroatoms. The van der Waals surface area contributed by atoms with Gasteiger partial charge in [-0.2, -0.15) is 0 Å². The van der Waals surface area contributed by atoms with Crippen LogP contribution in [0, 0.1) is 0 Å². The molecule has 0 spiro atoms. The average Bonchev–Trinajstić information content (AvgIpc) is 2.29. The Morgan fingerprint density at radius 2 is 2.38 bits per heavy atom. The van der Waals surface area contributed by atoms with E-state index in [1.54, 1.807) is 7.11 Å². The van der Waals surface area contributed by atoms with Gasteiger partial charge in [-0.25, -0.2) is 0 Å². The highest BCUT2D eigenvalue weighted by Crippen LogP contribution is 2.06. The summed E-state index contributed by atoms with van der Waals surface area (Å²) in [6.07, 6.45) is 0.840. The Morgan fingerprint density at radius 1 is 1.62 bits per heavy atom. The number of esters is 1. The highest BCUT2D eigenvalue weighted by molar-refractivity contribution is 5.76. The van der Waals surface area contributed by atoms with E-state index < -0.39 is 0 Å². The zero-order chi connectivity index (χ0) is 12.0. The molecule has 94 valence electrons. The fourth-order valence-corrected chi connectivity index (χ4v) is 1.47. The van der Waals surface area contributed by atoms with Crippen molar-refractivity contribution in [1.82, 2.24) is 4.90 Å². The van der Waals surface area contributed by atoms with Crippen molar-refractivity contribution in [2.75, 3.05) is 40.5 Å². The molecule has 1 fully saturated rings. The van der Waals surface area contributed by atoms with Crippen LogP contribution in [-0.4, -0.2) is 63.5 Å². The molecule has 0 aromatic heterocycles. The molecule has 0 aliphatic carbocycles. The molecule has 0 N–H and O–H groups in total. The van der Waals surface area contributed by atoms with Gasteiger partial charge < -0.3 is 14.2 Å². The molecule has 0 aromatic carbocycles. The van der Waals surface area contributed by atoms with Crippen LogP contribution < -0.4 is 0 Å². The van der Waals surface area contributed by atoms with Crippen molar-refractivity contribution in [2.45, 2.75) is 25.5 Å². The molecular weight excluding hydrogens is 210 g/mol. The maximum absolute atomic E-state index is 11.7. The van der Waals surface area contributed by atoms with Crippen molar-refractivity contribution in [2.24, 2.45) is 0 Å². The summed E-state index contributed by atoms with van der Waals surface area (Å²) in [6.45, 7) is 4.23. The third kappa shape index (κ3) is 4.08. The lowest BCUT2D eigenvalue weighted by molar-refractivity contribution is -0.155. The van der Waals surface area contributed by atoms with Crippen molar-refractivity contribution >= 4 is 5.97 Å². The minimum atomic E-state index is -0.258. The quantitative estimate of drug-likeness (QED) is 0.636. The first kappa shape index (κ1) is 13.4. The van der Waals surface area contributed by atoms with Gasteiger partial charge in [-0.3, -0.25) is 9.69 Å². The van der Waals surface area contributed by atoms with E-state index in [1.807, 2.05) is 18.9 Å². The monoisotopic (exact) mass is 231 g/mol. The van der Waals surface area contributed by atoms with E-state index in [2.05, 4.69) is 0 Å². The molecule has 1 aliphatic heterocycles. The first-order chi connectivity index (χ1) is 7.65. The van der Waals surface area contributed by atoms with Crippen LogP contribution in [-0.2, 0) is 19.0 Å². The van der Waals surface area contributed by atoms with Crippen LogP contribution in [0.2, 0.25) is 0 Å². The Bertz CT molecular complexity index is 222. The molecule has 1 aliphatic rings. The normalized spacial score (nSPS) is 24.1. The van der Waals surface area contributed by atoms with Gasteiger partial charge in [0.15, 0.2) is 0 Å². The Labute approximate surface area is 96.6 Å². The summed E-state index contributed by atoms with van der Waals surface area (Å²) in [5.74, 6) is -0.203. The van der Waals surface area contributed by atoms with Gasteiger partial charge >= 0.3 is 5.97 Å². The molecule has 1 rings (SSSR count). The fourth-order valence-electron chi connectivity index (χ4n) is 1.47. The fraction of sp³-hybridized carbons (Fsp3) is 0.909. The number of methoxy groups -OCH3 is 1. The van der Waals surface area contributed by atoms with Crippen LogP contribution in [0.5, 0.6) is 0 Å². The predicted molar refractivity (Wildman–Crippen MR) is 59.3 cm³/mol. The van der Waals surface area contributed by atoms with Crippen molar-refractivity contribution < 1.29 is 19.0 Å². The van der Waals surface area contributed by atoms with Crippen LogP contribution in [0.4, 0.5) is 0 Å². The van der Waals surface area contributed by atoms with Crippen molar-refractivity contribution in [3.05, 3.63) is 0 Å². The second-order valence-corrected chi connectivity index (χ2v) is 4.07. The molecule has 1 heterocycles. The van der Waals surface area contributed by atoms with E-state index >= 15 is 0 Å². The van der Waals surface area contributed by atoms with Crippen LogP contribution in [0.3, 0.4) is 0 Å². The first-order valence-electron chi connectivity index (χ1n) is 5.62. The van der Waals surface area contributed by atoms with Gasteiger partial charge in [-0.1, -0.05) is 0 Å². The molecule has 2 unspecified atom stereocenters. The molecule has 1 saturated heterocycles. The maximum atomic E-state index is 11.7. The lowest BCUT2D eigenvalue weighted by atomic mass is 10.2. The standard InChI is InChI=1S/C11H21NO4/c1-9(14-3)4-6-16-11(13)10-8-15-7-5-12(10)2/h9-10H,4-8H2,1-3H3. The van der Waals surface area contributed by atoms with Gasteiger partial charge in [0.25, 0.3) is 0 Å². The smallest absolute Gasteiger partial charge is 0.325 e. The largest absolute Gasteiger partial charge is 0.464 e. The molecule has 0 aromatic rings. The lowest BCUT2D eigenvalue weighted by Crippen LogP contribution is -2.48. The van der Waals surface area contributed by atoms with Gasteiger partial charge in [0.1, 0.15) is 6.04 Å². The van der Waals surface area contributed by atoms with E-state index in [4.69, 9.17) is 14.2 Å². The van der Waals surface area contributed by atoms with Crippen molar-refractivity contribution in [3.63, 3.8) is 0 Å². The Hall–Kier alpha value is -0.650. The minimum Gasteiger partial charge on any atom is -0.464 e. The Balaban J connectivity index is 2.23. The zero-order valence-electron chi connectivity index (χ0n) is 10.3. The third-order valence-corrected chi connectivity index (χ3v) is 2.84. The second kappa shape index (κ2) is 6.83. The number of hydrogen-bond donors (Lipinski definition) is 0. The maximum Gasteiger partial charge on any atom is 0.325 e. The second-order valence-electron chi connectivity index (χ2n) is 4.07. The number of hydrogen-bond acceptors (Lipinski definition) is 5. The average molecular weight is 231 g/mol. The lowest BCUT2D eigenvalue weighted by Gasteiger charge is -2.30. The van der Waals surface area contributed by atoms with Crippen molar-refractivity contribution in [3.8, 4) is 0 Å². The van der Waals surface area contributed by atoms with Crippen LogP contribution in [0.1, 0.15) is 13.3 Å². The van der Waals surface area contributed by atoms with E-state index in [9.17, 15) is 4.79 Å². The van der Waals surface area contributed by atoms with E-state index in [1.165, 1.54) is 0 Å². The molecule has 2 atom stereocenters. The zero-order valence-corrected chi connectivity index (χ0v) is 10.3. The minimum absolute atomic E-state index is 0.119. The van der Waals surface area contributed by atoms with Gasteiger partial charge in [-0.05, 0) is 14.0 Å². The SMILES string of the molecule is COC(C)CCOC(=O)C1COCCN1C. The van der Waals surface area contributed by atoms with Crippen molar-refractivity contribution in [1.29, 1.82) is 0 Å². The van der Waals surface area contributed by atoms with E-state index in [-0.39, 0.29) is 18.1 Å². The van der Waals surface area contributed by atoms with Crippen LogP contribution in [0.15, 0.2) is 0 Å². The molecule has 0 saturated carbocycles. The highest BCUT2D eigenvalue weighted by Gasteiger charge is 2.27. The number of carbonyl (C=O) groups is 1. The summed E-state index contributed by atoms with van der Waals surface area (Å²) >= 11 is 0. The summed E-state index contributed by atoms with van der Waals surface area (Å²) < 4.78 is 15.5. The molecular formula is C11H21NO4. The molecule has 16 heavy (non-hydrogen) atoms. The predicted octanol–water partition coefficient (Wildman–Crippen LogP) is 0.285. The molecule has 0 bridgehead atoms. The van der Waals surface area contributed by atoms with Gasteiger partial charge in [0.05, 0.1) is 25.9 Å². The Kier molecular flexibility index (Phi) is 5.73. The van der Waals surface area contributed by atoms with Crippen LogP contribution in [0.25, 0.3) is 0 Å². The van der Waals surface area contributed by atoms with E-state index in [0.29, 0.717) is 19.8 Å². The molecule has 0 radical (unpaired) electrons. The molecule has 0 amide bonds. The van der Waals surface area contributed by atoms with E-state index in [0.717, 1.165) is 13.0 Å². The summed E-state index contributed by atoms with van der Waals surface area (Å²) in [5.41, 5.74) is 0. The van der Waals surface area contributed by atoms with Crippen LogP contribution >= 0.6 is 0 Å². The summed E-state index contributed by atoms with van der Waals surface area (Å²) in [5, 5.41) is 0. The summed E-state index contributed by atoms with van der Waals surface area (Å²) in [7, 11) is 3.56.